The van der Waals surface area contributed by atoms with E-state index in [0.717, 1.165) is 22.3 Å². The Kier molecular flexibility index (Phi) is 6.24. The van der Waals surface area contributed by atoms with E-state index >= 15 is 0 Å². The number of fused-ring (bicyclic) bond motifs is 3. The van der Waals surface area contributed by atoms with E-state index in [1.807, 2.05) is 24.3 Å². The van der Waals surface area contributed by atoms with Gasteiger partial charge in [-0.3, -0.25) is 9.59 Å². The Balaban J connectivity index is 1.15. The molecule has 2 aliphatic heterocycles. The van der Waals surface area contributed by atoms with Crippen LogP contribution in [0.1, 0.15) is 29.9 Å². The summed E-state index contributed by atoms with van der Waals surface area (Å²) in [7, 11) is 0. The Labute approximate surface area is 197 Å². The molecule has 5 rings (SSSR count). The van der Waals surface area contributed by atoms with Gasteiger partial charge in [0.25, 0.3) is 0 Å². The minimum absolute atomic E-state index is 0.0285. The van der Waals surface area contributed by atoms with Crippen molar-refractivity contribution in [1.29, 1.82) is 0 Å². The van der Waals surface area contributed by atoms with Crippen molar-refractivity contribution in [2.24, 2.45) is 11.8 Å². The fourth-order valence-electron chi connectivity index (χ4n) is 5.23. The molecule has 178 valence electrons. The van der Waals surface area contributed by atoms with Crippen LogP contribution < -0.4 is 5.32 Å². The van der Waals surface area contributed by atoms with Crippen molar-refractivity contribution >= 4 is 18.0 Å². The van der Waals surface area contributed by atoms with Gasteiger partial charge in [0.15, 0.2) is 0 Å². The van der Waals surface area contributed by atoms with E-state index < -0.39 is 24.0 Å². The van der Waals surface area contributed by atoms with Gasteiger partial charge in [-0.1, -0.05) is 48.5 Å². The summed E-state index contributed by atoms with van der Waals surface area (Å²) in [6, 6.07) is 15.9. The van der Waals surface area contributed by atoms with Gasteiger partial charge < -0.3 is 24.8 Å². The molecule has 1 aliphatic carbocycles. The SMILES string of the molecule is O=C(O)CCC1CN(C(=O)C2COCC2NC(=O)OCC2c3ccccc3-c3ccccc32)C1. The molecule has 2 fully saturated rings. The van der Waals surface area contributed by atoms with Gasteiger partial charge >= 0.3 is 12.1 Å². The van der Waals surface area contributed by atoms with Crippen LogP contribution in [-0.2, 0) is 19.1 Å². The van der Waals surface area contributed by atoms with E-state index in [-0.39, 0.29) is 44.0 Å². The summed E-state index contributed by atoms with van der Waals surface area (Å²) in [6.07, 6.45) is 0.130. The fourth-order valence-corrected chi connectivity index (χ4v) is 5.23. The molecule has 2 saturated heterocycles. The molecule has 2 N–H and O–H groups in total. The molecule has 3 aliphatic rings. The molecule has 8 nitrogen and oxygen atoms in total. The lowest BCUT2D eigenvalue weighted by molar-refractivity contribution is -0.143. The van der Waals surface area contributed by atoms with Crippen molar-refractivity contribution in [1.82, 2.24) is 10.2 Å². The van der Waals surface area contributed by atoms with Crippen LogP contribution in [0.5, 0.6) is 0 Å². The largest absolute Gasteiger partial charge is 0.481 e. The van der Waals surface area contributed by atoms with E-state index in [0.29, 0.717) is 19.5 Å². The van der Waals surface area contributed by atoms with Crippen LogP contribution in [0.3, 0.4) is 0 Å². The van der Waals surface area contributed by atoms with Gasteiger partial charge in [-0.25, -0.2) is 4.79 Å². The van der Waals surface area contributed by atoms with Gasteiger partial charge in [0.1, 0.15) is 6.61 Å². The summed E-state index contributed by atoms with van der Waals surface area (Å²) in [5.41, 5.74) is 4.62. The number of amides is 2. The first-order valence-electron chi connectivity index (χ1n) is 11.7. The second-order valence-electron chi connectivity index (χ2n) is 9.26. The highest BCUT2D eigenvalue weighted by atomic mass is 16.5. The van der Waals surface area contributed by atoms with E-state index in [9.17, 15) is 14.4 Å². The summed E-state index contributed by atoms with van der Waals surface area (Å²) >= 11 is 0. The molecule has 2 aromatic carbocycles. The third-order valence-corrected chi connectivity index (χ3v) is 7.08. The molecular formula is C26H28N2O6. The Morgan fingerprint density at radius 2 is 1.65 bits per heavy atom. The number of aliphatic carboxylic acids is 1. The first-order chi connectivity index (χ1) is 16.5. The number of carboxylic acid groups (broad SMARTS) is 1. The van der Waals surface area contributed by atoms with Crippen molar-refractivity contribution in [2.75, 3.05) is 32.9 Å². The van der Waals surface area contributed by atoms with Crippen LogP contribution in [0, 0.1) is 11.8 Å². The van der Waals surface area contributed by atoms with Crippen LogP contribution >= 0.6 is 0 Å². The quantitative estimate of drug-likeness (QED) is 0.653. The molecule has 0 saturated carbocycles. The summed E-state index contributed by atoms with van der Waals surface area (Å²) in [6.45, 7) is 1.84. The maximum absolute atomic E-state index is 12.9. The number of hydrogen-bond donors (Lipinski definition) is 2. The molecular weight excluding hydrogens is 436 g/mol. The first kappa shape index (κ1) is 22.4. The molecule has 0 radical (unpaired) electrons. The van der Waals surface area contributed by atoms with Crippen molar-refractivity contribution in [3.05, 3.63) is 59.7 Å². The molecule has 2 unspecified atom stereocenters. The molecule has 2 heterocycles. The molecule has 2 atom stereocenters. The second kappa shape index (κ2) is 9.46. The lowest BCUT2D eigenvalue weighted by Crippen LogP contribution is -2.55. The first-order valence-corrected chi connectivity index (χ1v) is 11.7. The maximum atomic E-state index is 12.9. The number of carbonyl (C=O) groups is 3. The number of alkyl carbamates (subject to hydrolysis) is 1. The van der Waals surface area contributed by atoms with Crippen molar-refractivity contribution < 1.29 is 29.0 Å². The van der Waals surface area contributed by atoms with E-state index in [4.69, 9.17) is 14.6 Å². The highest BCUT2D eigenvalue weighted by Crippen LogP contribution is 2.44. The Morgan fingerprint density at radius 1 is 1.00 bits per heavy atom. The number of rotatable bonds is 7. The van der Waals surface area contributed by atoms with Gasteiger partial charge in [-0.15, -0.1) is 0 Å². The van der Waals surface area contributed by atoms with Gasteiger partial charge in [0, 0.05) is 25.4 Å². The predicted octanol–water partition coefficient (Wildman–Crippen LogP) is 2.86. The number of nitrogens with zero attached hydrogens (tertiary/aromatic N) is 1. The molecule has 0 aromatic heterocycles. The van der Waals surface area contributed by atoms with Gasteiger partial charge in [0.2, 0.25) is 5.91 Å². The smallest absolute Gasteiger partial charge is 0.407 e. The number of carboxylic acids is 1. The summed E-state index contributed by atoms with van der Waals surface area (Å²) < 4.78 is 11.1. The third-order valence-electron chi connectivity index (χ3n) is 7.08. The number of carbonyl (C=O) groups excluding carboxylic acids is 2. The van der Waals surface area contributed by atoms with Crippen LogP contribution in [0.25, 0.3) is 11.1 Å². The molecule has 2 amide bonds. The minimum atomic E-state index is -0.818. The van der Waals surface area contributed by atoms with Crippen LogP contribution in [0.4, 0.5) is 4.79 Å². The zero-order valence-corrected chi connectivity index (χ0v) is 18.8. The number of benzene rings is 2. The third kappa shape index (κ3) is 4.37. The normalized spacial score (nSPS) is 21.5. The van der Waals surface area contributed by atoms with Crippen LogP contribution in [0.15, 0.2) is 48.5 Å². The highest BCUT2D eigenvalue weighted by Gasteiger charge is 2.41. The number of nitrogens with one attached hydrogen (secondary N) is 1. The minimum Gasteiger partial charge on any atom is -0.481 e. The summed E-state index contributed by atoms with van der Waals surface area (Å²) in [5.74, 6) is -1.15. The number of ether oxygens (including phenoxy) is 2. The Morgan fingerprint density at radius 3 is 2.29 bits per heavy atom. The average molecular weight is 465 g/mol. The second-order valence-corrected chi connectivity index (χ2v) is 9.26. The van der Waals surface area contributed by atoms with E-state index in [2.05, 4.69) is 29.6 Å². The summed E-state index contributed by atoms with van der Waals surface area (Å²) in [5, 5.41) is 11.6. The van der Waals surface area contributed by atoms with Gasteiger partial charge in [0.05, 0.1) is 25.2 Å². The monoisotopic (exact) mass is 464 g/mol. The Hall–Kier alpha value is -3.39. The maximum Gasteiger partial charge on any atom is 0.407 e. The predicted molar refractivity (Wildman–Crippen MR) is 123 cm³/mol. The zero-order valence-electron chi connectivity index (χ0n) is 18.8. The average Bonchev–Trinajstić information content (AvgIpc) is 3.39. The van der Waals surface area contributed by atoms with Gasteiger partial charge in [-0.2, -0.15) is 0 Å². The molecule has 8 heteroatoms. The Bertz CT molecular complexity index is 1050. The highest BCUT2D eigenvalue weighted by molar-refractivity contribution is 5.82. The molecule has 2 aromatic rings. The van der Waals surface area contributed by atoms with Gasteiger partial charge in [-0.05, 0) is 34.6 Å². The topological polar surface area (TPSA) is 105 Å². The van der Waals surface area contributed by atoms with Crippen LogP contribution in [-0.4, -0.2) is 66.9 Å². The van der Waals surface area contributed by atoms with Crippen molar-refractivity contribution in [3.63, 3.8) is 0 Å². The standard InChI is InChI=1S/C26H28N2O6/c29-24(30)10-9-16-11-28(12-16)25(31)22-13-33-15-23(22)27-26(32)34-14-21-19-7-3-1-5-17(19)18-6-2-4-8-20(18)21/h1-8,16,21-23H,9-15H2,(H,27,32)(H,29,30). The number of hydrogen-bond acceptors (Lipinski definition) is 5. The fraction of sp³-hybridized carbons (Fsp3) is 0.423. The van der Waals surface area contributed by atoms with Crippen molar-refractivity contribution in [2.45, 2.75) is 24.8 Å². The molecule has 0 spiro atoms. The lowest BCUT2D eigenvalue weighted by atomic mass is 9.91. The van der Waals surface area contributed by atoms with Crippen molar-refractivity contribution in [3.8, 4) is 11.1 Å². The van der Waals surface area contributed by atoms with E-state index in [1.54, 1.807) is 4.90 Å². The molecule has 0 bridgehead atoms. The molecule has 34 heavy (non-hydrogen) atoms. The van der Waals surface area contributed by atoms with Crippen LogP contribution in [0.2, 0.25) is 0 Å². The lowest BCUT2D eigenvalue weighted by Gasteiger charge is -2.41. The zero-order chi connectivity index (χ0) is 23.7. The summed E-state index contributed by atoms with van der Waals surface area (Å²) in [4.78, 5) is 38.0. The number of likely N-dealkylation sites (tertiary alicyclic amines) is 1. The van der Waals surface area contributed by atoms with E-state index in [1.165, 1.54) is 0 Å².